The minimum Gasteiger partial charge on any atom is -0.465 e. The minimum atomic E-state index is -0.794. The molecule has 1 aromatic heterocycles. The van der Waals surface area contributed by atoms with Crippen LogP contribution in [0.2, 0.25) is 0 Å². The van der Waals surface area contributed by atoms with Crippen molar-refractivity contribution in [3.8, 4) is 0 Å². The second-order valence-electron chi connectivity index (χ2n) is 4.34. The van der Waals surface area contributed by atoms with E-state index in [0.29, 0.717) is 19.0 Å². The van der Waals surface area contributed by atoms with Gasteiger partial charge in [-0.2, -0.15) is 0 Å². The number of carboxylic acid groups (broad SMARTS) is 1. The van der Waals surface area contributed by atoms with Crippen molar-refractivity contribution in [1.29, 1.82) is 0 Å². The third kappa shape index (κ3) is 2.35. The highest BCUT2D eigenvalue weighted by Gasteiger charge is 2.22. The number of piperidine rings is 1. The maximum Gasteiger partial charge on any atom is 0.407 e. The number of amides is 1. The molecule has 0 saturated carbocycles. The Balaban J connectivity index is 1.86. The molecule has 1 N–H and O–H groups in total. The summed E-state index contributed by atoms with van der Waals surface area (Å²) in [5, 5.41) is 8.84. The van der Waals surface area contributed by atoms with Crippen LogP contribution in [-0.2, 0) is 6.54 Å². The molecule has 88 valence electrons. The zero-order valence-corrected chi connectivity index (χ0v) is 9.46. The maximum absolute atomic E-state index is 10.7. The molecule has 5 heteroatoms. The van der Waals surface area contributed by atoms with Gasteiger partial charge in [0.25, 0.3) is 0 Å². The lowest BCUT2D eigenvalue weighted by molar-refractivity contribution is 0.121. The Labute approximate surface area is 94.7 Å². The van der Waals surface area contributed by atoms with Crippen LogP contribution in [0.5, 0.6) is 0 Å². The van der Waals surface area contributed by atoms with E-state index in [2.05, 4.69) is 9.55 Å². The van der Waals surface area contributed by atoms with Gasteiger partial charge < -0.3 is 14.6 Å². The Morgan fingerprint density at radius 3 is 2.75 bits per heavy atom. The largest absolute Gasteiger partial charge is 0.465 e. The van der Waals surface area contributed by atoms with Crippen molar-refractivity contribution in [3.05, 3.63) is 18.2 Å². The standard InChI is InChI=1S/C11H17N3O2/c1-9-12-4-7-14(9)8-10-2-5-13(6-3-10)11(15)16/h4,7,10H,2-3,5-6,8H2,1H3,(H,15,16). The number of nitrogens with zero attached hydrogens (tertiary/aromatic N) is 3. The summed E-state index contributed by atoms with van der Waals surface area (Å²) in [7, 11) is 0. The molecule has 0 aliphatic carbocycles. The summed E-state index contributed by atoms with van der Waals surface area (Å²) in [6, 6.07) is 0. The topological polar surface area (TPSA) is 58.4 Å². The number of aromatic nitrogens is 2. The summed E-state index contributed by atoms with van der Waals surface area (Å²) in [6.45, 7) is 4.27. The third-order valence-corrected chi connectivity index (χ3v) is 3.26. The normalized spacial score (nSPS) is 17.7. The van der Waals surface area contributed by atoms with Gasteiger partial charge in [-0.3, -0.25) is 0 Å². The van der Waals surface area contributed by atoms with Crippen LogP contribution in [0.15, 0.2) is 12.4 Å². The van der Waals surface area contributed by atoms with Crippen molar-refractivity contribution in [2.75, 3.05) is 13.1 Å². The average molecular weight is 223 g/mol. The van der Waals surface area contributed by atoms with Crippen molar-refractivity contribution in [2.45, 2.75) is 26.3 Å². The van der Waals surface area contributed by atoms with E-state index in [0.717, 1.165) is 25.2 Å². The Bertz CT molecular complexity index is 367. The number of imidazole rings is 1. The van der Waals surface area contributed by atoms with Crippen LogP contribution >= 0.6 is 0 Å². The zero-order valence-electron chi connectivity index (χ0n) is 9.46. The lowest BCUT2D eigenvalue weighted by Gasteiger charge is -2.30. The second kappa shape index (κ2) is 4.55. The van der Waals surface area contributed by atoms with E-state index < -0.39 is 6.09 Å². The fourth-order valence-electron chi connectivity index (χ4n) is 2.18. The van der Waals surface area contributed by atoms with Crippen LogP contribution in [-0.4, -0.2) is 38.7 Å². The van der Waals surface area contributed by atoms with Gasteiger partial charge in [-0.15, -0.1) is 0 Å². The summed E-state index contributed by atoms with van der Waals surface area (Å²) in [6.07, 6.45) is 4.89. The van der Waals surface area contributed by atoms with Gasteiger partial charge >= 0.3 is 6.09 Å². The smallest absolute Gasteiger partial charge is 0.407 e. The van der Waals surface area contributed by atoms with Crippen LogP contribution in [0.4, 0.5) is 4.79 Å². The molecule has 1 fully saturated rings. The molecule has 0 unspecified atom stereocenters. The van der Waals surface area contributed by atoms with E-state index in [4.69, 9.17) is 5.11 Å². The van der Waals surface area contributed by atoms with E-state index in [-0.39, 0.29) is 0 Å². The van der Waals surface area contributed by atoms with Crippen LogP contribution in [0.1, 0.15) is 18.7 Å². The first-order valence-corrected chi connectivity index (χ1v) is 5.62. The molecule has 0 spiro atoms. The molecule has 2 heterocycles. The average Bonchev–Trinajstić information content (AvgIpc) is 2.65. The summed E-state index contributed by atoms with van der Waals surface area (Å²) < 4.78 is 2.14. The number of rotatable bonds is 2. The van der Waals surface area contributed by atoms with Crippen molar-refractivity contribution in [2.24, 2.45) is 5.92 Å². The summed E-state index contributed by atoms with van der Waals surface area (Å²) in [5.41, 5.74) is 0. The Morgan fingerprint density at radius 1 is 1.56 bits per heavy atom. The molecule has 0 radical (unpaired) electrons. The first-order valence-electron chi connectivity index (χ1n) is 5.62. The SMILES string of the molecule is Cc1nccn1CC1CCN(C(=O)O)CC1. The van der Waals surface area contributed by atoms with Crippen molar-refractivity contribution in [1.82, 2.24) is 14.5 Å². The first-order chi connectivity index (χ1) is 7.66. The highest BCUT2D eigenvalue weighted by atomic mass is 16.4. The van der Waals surface area contributed by atoms with Crippen LogP contribution in [0.3, 0.4) is 0 Å². The van der Waals surface area contributed by atoms with Crippen LogP contribution in [0, 0.1) is 12.8 Å². The maximum atomic E-state index is 10.7. The number of hydrogen-bond donors (Lipinski definition) is 1. The van der Waals surface area contributed by atoms with Gasteiger partial charge in [0.05, 0.1) is 0 Å². The summed E-state index contributed by atoms with van der Waals surface area (Å²) in [5.74, 6) is 1.60. The molecule has 0 atom stereocenters. The third-order valence-electron chi connectivity index (χ3n) is 3.26. The van der Waals surface area contributed by atoms with E-state index in [1.54, 1.807) is 0 Å². The first kappa shape index (κ1) is 11.0. The van der Waals surface area contributed by atoms with Gasteiger partial charge in [0.15, 0.2) is 0 Å². The van der Waals surface area contributed by atoms with Gasteiger partial charge in [0.2, 0.25) is 0 Å². The predicted molar refractivity (Wildman–Crippen MR) is 59.3 cm³/mol. The van der Waals surface area contributed by atoms with Crippen molar-refractivity contribution >= 4 is 6.09 Å². The monoisotopic (exact) mass is 223 g/mol. The minimum absolute atomic E-state index is 0.573. The van der Waals surface area contributed by atoms with Gasteiger partial charge in [0, 0.05) is 32.0 Å². The van der Waals surface area contributed by atoms with Crippen LogP contribution < -0.4 is 0 Å². The molecular weight excluding hydrogens is 206 g/mol. The molecule has 5 nitrogen and oxygen atoms in total. The molecule has 1 aromatic rings. The van der Waals surface area contributed by atoms with Gasteiger partial charge in [-0.1, -0.05) is 0 Å². The molecule has 1 amide bonds. The zero-order chi connectivity index (χ0) is 11.5. The highest BCUT2D eigenvalue weighted by molar-refractivity contribution is 5.64. The summed E-state index contributed by atoms with van der Waals surface area (Å²) >= 11 is 0. The molecule has 2 rings (SSSR count). The Morgan fingerprint density at radius 2 is 2.25 bits per heavy atom. The highest BCUT2D eigenvalue weighted by Crippen LogP contribution is 2.19. The number of hydrogen-bond acceptors (Lipinski definition) is 2. The van der Waals surface area contributed by atoms with E-state index >= 15 is 0 Å². The fourth-order valence-corrected chi connectivity index (χ4v) is 2.18. The molecule has 1 saturated heterocycles. The molecule has 1 aliphatic rings. The number of carbonyl (C=O) groups is 1. The lowest BCUT2D eigenvalue weighted by Crippen LogP contribution is -2.38. The predicted octanol–water partition coefficient (Wildman–Crippen LogP) is 1.58. The lowest BCUT2D eigenvalue weighted by atomic mass is 9.97. The van der Waals surface area contributed by atoms with Crippen molar-refractivity contribution in [3.63, 3.8) is 0 Å². The van der Waals surface area contributed by atoms with E-state index in [1.807, 2.05) is 19.3 Å². The molecule has 16 heavy (non-hydrogen) atoms. The quantitative estimate of drug-likeness (QED) is 0.828. The molecular formula is C11H17N3O2. The van der Waals surface area contributed by atoms with Gasteiger partial charge in [0.1, 0.15) is 5.82 Å². The summed E-state index contributed by atoms with van der Waals surface area (Å²) in [4.78, 5) is 16.4. The molecule has 0 aromatic carbocycles. The fraction of sp³-hybridized carbons (Fsp3) is 0.636. The van der Waals surface area contributed by atoms with Crippen molar-refractivity contribution < 1.29 is 9.90 Å². The van der Waals surface area contributed by atoms with E-state index in [1.165, 1.54) is 4.90 Å². The van der Waals surface area contributed by atoms with Gasteiger partial charge in [-0.25, -0.2) is 9.78 Å². The van der Waals surface area contributed by atoms with Crippen LogP contribution in [0.25, 0.3) is 0 Å². The molecule has 0 bridgehead atoms. The Hall–Kier alpha value is -1.52. The number of likely N-dealkylation sites (tertiary alicyclic amines) is 1. The Kier molecular flexibility index (Phi) is 3.12. The number of aryl methyl sites for hydroxylation is 1. The van der Waals surface area contributed by atoms with E-state index in [9.17, 15) is 4.79 Å². The van der Waals surface area contributed by atoms with Gasteiger partial charge in [-0.05, 0) is 25.7 Å². The second-order valence-corrected chi connectivity index (χ2v) is 4.34. The molecule has 1 aliphatic heterocycles.